The van der Waals surface area contributed by atoms with Crippen LogP contribution in [0.4, 0.5) is 8.78 Å². The molecule has 0 aliphatic heterocycles. The van der Waals surface area contributed by atoms with Crippen molar-refractivity contribution in [2.75, 3.05) is 0 Å². The van der Waals surface area contributed by atoms with Gasteiger partial charge in [0.2, 0.25) is 0 Å². The van der Waals surface area contributed by atoms with Gasteiger partial charge >= 0.3 is 6.61 Å². The van der Waals surface area contributed by atoms with Crippen molar-refractivity contribution in [2.24, 2.45) is 5.10 Å². The van der Waals surface area contributed by atoms with Crippen LogP contribution in [0.15, 0.2) is 77.9 Å². The summed E-state index contributed by atoms with van der Waals surface area (Å²) in [4.78, 5) is 0. The Morgan fingerprint density at radius 3 is 2.00 bits per heavy atom. The van der Waals surface area contributed by atoms with Crippen LogP contribution in [0.25, 0.3) is 21.8 Å². The van der Waals surface area contributed by atoms with Crippen LogP contribution in [0.2, 0.25) is 0 Å². The topological polar surface area (TPSA) is 26.5 Å². The molecule has 0 atom stereocenters. The van der Waals surface area contributed by atoms with Gasteiger partial charge in [-0.15, -0.1) is 0 Å². The maximum absolute atomic E-state index is 12.6. The van der Waals surface area contributed by atoms with Crippen molar-refractivity contribution in [1.82, 2.24) is 4.68 Å². The molecule has 0 spiro atoms. The first-order chi connectivity index (χ1) is 12.2. The minimum atomic E-state index is -2.87. The molecule has 0 aliphatic rings. The van der Waals surface area contributed by atoms with Crippen LogP contribution in [-0.2, 0) is 0 Å². The van der Waals surface area contributed by atoms with Crippen LogP contribution in [0, 0.1) is 0 Å². The molecule has 3 aromatic carbocycles. The van der Waals surface area contributed by atoms with E-state index in [9.17, 15) is 8.78 Å². The van der Waals surface area contributed by atoms with Crippen LogP contribution in [-0.4, -0.2) is 17.5 Å². The molecular formula is C20H14F2N2O. The fourth-order valence-electron chi connectivity index (χ4n) is 2.94. The number of rotatable bonds is 4. The SMILES string of the molecule is FC(F)Oc1ccccc1C=Nn1c2ccccc2c2ccccc21. The fourth-order valence-corrected chi connectivity index (χ4v) is 2.94. The van der Waals surface area contributed by atoms with E-state index in [1.165, 1.54) is 12.3 Å². The van der Waals surface area contributed by atoms with E-state index in [-0.39, 0.29) is 5.75 Å². The Bertz CT molecular complexity index is 1020. The van der Waals surface area contributed by atoms with E-state index >= 15 is 0 Å². The van der Waals surface area contributed by atoms with Crippen LogP contribution >= 0.6 is 0 Å². The maximum atomic E-state index is 12.6. The molecule has 0 fully saturated rings. The van der Waals surface area contributed by atoms with Crippen LogP contribution in [0.3, 0.4) is 0 Å². The molecule has 0 amide bonds. The highest BCUT2D eigenvalue weighted by Gasteiger charge is 2.10. The van der Waals surface area contributed by atoms with Gasteiger partial charge in [0, 0.05) is 16.3 Å². The summed E-state index contributed by atoms with van der Waals surface area (Å²) in [6, 6.07) is 22.5. The van der Waals surface area contributed by atoms with Crippen molar-refractivity contribution in [2.45, 2.75) is 6.61 Å². The van der Waals surface area contributed by atoms with Crippen molar-refractivity contribution in [3.05, 3.63) is 78.4 Å². The number of alkyl halides is 2. The Kier molecular flexibility index (Phi) is 3.90. The van der Waals surface area contributed by atoms with Crippen LogP contribution in [0.5, 0.6) is 5.75 Å². The number of benzene rings is 3. The second-order valence-electron chi connectivity index (χ2n) is 5.51. The van der Waals surface area contributed by atoms with E-state index in [4.69, 9.17) is 0 Å². The van der Waals surface area contributed by atoms with Gasteiger partial charge < -0.3 is 4.74 Å². The standard InChI is InChI=1S/C20H14F2N2O/c21-20(22)25-19-12-6-1-7-14(19)13-23-24-17-10-4-2-8-15(17)16-9-3-5-11-18(16)24/h1-13,20H. The van der Waals surface area contributed by atoms with Crippen molar-refractivity contribution >= 4 is 28.0 Å². The van der Waals surface area contributed by atoms with Gasteiger partial charge in [-0.05, 0) is 24.3 Å². The summed E-state index contributed by atoms with van der Waals surface area (Å²) in [5.41, 5.74) is 2.39. The van der Waals surface area contributed by atoms with E-state index in [0.29, 0.717) is 5.56 Å². The summed E-state index contributed by atoms with van der Waals surface area (Å²) in [5.74, 6) is 0.0991. The van der Waals surface area contributed by atoms with Gasteiger partial charge in [-0.1, -0.05) is 48.5 Å². The molecule has 0 aliphatic carbocycles. The molecule has 25 heavy (non-hydrogen) atoms. The Hall–Kier alpha value is -3.21. The maximum Gasteiger partial charge on any atom is 0.387 e. The van der Waals surface area contributed by atoms with E-state index < -0.39 is 6.61 Å². The van der Waals surface area contributed by atoms with Gasteiger partial charge in [0.15, 0.2) is 0 Å². The molecule has 0 saturated carbocycles. The van der Waals surface area contributed by atoms with Crippen molar-refractivity contribution in [1.29, 1.82) is 0 Å². The highest BCUT2D eigenvalue weighted by atomic mass is 19.3. The monoisotopic (exact) mass is 336 g/mol. The largest absolute Gasteiger partial charge is 0.434 e. The zero-order valence-corrected chi connectivity index (χ0v) is 13.1. The van der Waals surface area contributed by atoms with E-state index in [0.717, 1.165) is 21.8 Å². The average Bonchev–Trinajstić information content (AvgIpc) is 2.95. The van der Waals surface area contributed by atoms with Gasteiger partial charge in [-0.2, -0.15) is 13.9 Å². The normalized spacial score (nSPS) is 11.8. The summed E-state index contributed by atoms with van der Waals surface area (Å²) in [5, 5.41) is 6.71. The summed E-state index contributed by atoms with van der Waals surface area (Å²) >= 11 is 0. The fraction of sp³-hybridized carbons (Fsp3) is 0.0500. The Morgan fingerprint density at radius 1 is 0.800 bits per heavy atom. The predicted octanol–water partition coefficient (Wildman–Crippen LogP) is 5.28. The quantitative estimate of drug-likeness (QED) is 0.466. The first kappa shape index (κ1) is 15.3. The Balaban J connectivity index is 1.85. The average molecular weight is 336 g/mol. The minimum absolute atomic E-state index is 0.0991. The third kappa shape index (κ3) is 2.85. The van der Waals surface area contributed by atoms with Crippen molar-refractivity contribution < 1.29 is 13.5 Å². The Labute approximate surface area is 142 Å². The lowest BCUT2D eigenvalue weighted by molar-refractivity contribution is -0.0499. The molecule has 124 valence electrons. The number of hydrogen-bond donors (Lipinski definition) is 0. The smallest absolute Gasteiger partial charge is 0.387 e. The van der Waals surface area contributed by atoms with Gasteiger partial charge in [-0.3, -0.25) is 0 Å². The summed E-state index contributed by atoms with van der Waals surface area (Å²) in [6.07, 6.45) is 1.54. The van der Waals surface area contributed by atoms with Gasteiger partial charge in [-0.25, -0.2) is 4.68 Å². The molecule has 0 bridgehead atoms. The van der Waals surface area contributed by atoms with Crippen LogP contribution in [0.1, 0.15) is 5.56 Å². The third-order valence-corrected chi connectivity index (χ3v) is 4.00. The molecule has 0 N–H and O–H groups in total. The summed E-state index contributed by atoms with van der Waals surface area (Å²) in [7, 11) is 0. The zero-order chi connectivity index (χ0) is 17.2. The molecular weight excluding hydrogens is 322 g/mol. The molecule has 0 saturated heterocycles. The second kappa shape index (κ2) is 6.36. The lowest BCUT2D eigenvalue weighted by Crippen LogP contribution is -2.04. The van der Waals surface area contributed by atoms with Crippen molar-refractivity contribution in [3.8, 4) is 5.75 Å². The van der Waals surface area contributed by atoms with Gasteiger partial charge in [0.05, 0.1) is 17.2 Å². The molecule has 4 rings (SSSR count). The first-order valence-electron chi connectivity index (χ1n) is 7.80. The number of aromatic nitrogens is 1. The lowest BCUT2D eigenvalue weighted by atomic mass is 10.2. The lowest BCUT2D eigenvalue weighted by Gasteiger charge is -2.07. The van der Waals surface area contributed by atoms with E-state index in [1.54, 1.807) is 18.2 Å². The van der Waals surface area contributed by atoms with Gasteiger partial charge in [0.1, 0.15) is 5.75 Å². The predicted molar refractivity (Wildman–Crippen MR) is 95.5 cm³/mol. The summed E-state index contributed by atoms with van der Waals surface area (Å²) < 4.78 is 31.5. The number of fused-ring (bicyclic) bond motifs is 3. The number of para-hydroxylation sites is 3. The molecule has 1 aromatic heterocycles. The first-order valence-corrected chi connectivity index (χ1v) is 7.80. The molecule has 3 nitrogen and oxygen atoms in total. The third-order valence-electron chi connectivity index (χ3n) is 4.00. The van der Waals surface area contributed by atoms with Gasteiger partial charge in [0.25, 0.3) is 0 Å². The minimum Gasteiger partial charge on any atom is -0.434 e. The number of ether oxygens (including phenoxy) is 1. The number of nitrogens with zero attached hydrogens (tertiary/aromatic N) is 2. The highest BCUT2D eigenvalue weighted by molar-refractivity contribution is 6.08. The number of halogens is 2. The zero-order valence-electron chi connectivity index (χ0n) is 13.1. The number of hydrogen-bond acceptors (Lipinski definition) is 2. The van der Waals surface area contributed by atoms with E-state index in [1.807, 2.05) is 53.2 Å². The molecule has 4 aromatic rings. The molecule has 0 radical (unpaired) electrons. The molecule has 1 heterocycles. The van der Waals surface area contributed by atoms with Crippen molar-refractivity contribution in [3.63, 3.8) is 0 Å². The van der Waals surface area contributed by atoms with E-state index in [2.05, 4.69) is 9.84 Å². The highest BCUT2D eigenvalue weighted by Crippen LogP contribution is 2.28. The second-order valence-corrected chi connectivity index (χ2v) is 5.51. The van der Waals surface area contributed by atoms with Crippen LogP contribution < -0.4 is 4.74 Å². The molecule has 5 heteroatoms. The molecule has 0 unspecified atom stereocenters. The Morgan fingerprint density at radius 2 is 1.36 bits per heavy atom. The summed E-state index contributed by atoms with van der Waals surface area (Å²) in [6.45, 7) is -2.87.